The SMILES string of the molecule is CCCC1NC(C)CCC1O. The molecule has 1 heterocycles. The van der Waals surface area contributed by atoms with Gasteiger partial charge >= 0.3 is 0 Å². The Hall–Kier alpha value is -0.0800. The van der Waals surface area contributed by atoms with E-state index in [0.717, 1.165) is 25.7 Å². The van der Waals surface area contributed by atoms with Crippen LogP contribution in [0, 0.1) is 0 Å². The van der Waals surface area contributed by atoms with Crippen LogP contribution in [0.15, 0.2) is 0 Å². The number of rotatable bonds is 2. The molecule has 1 fully saturated rings. The molecule has 0 aromatic carbocycles. The first-order valence-electron chi connectivity index (χ1n) is 4.68. The summed E-state index contributed by atoms with van der Waals surface area (Å²) in [5, 5.41) is 13.0. The van der Waals surface area contributed by atoms with Crippen LogP contribution in [-0.2, 0) is 0 Å². The van der Waals surface area contributed by atoms with Crippen molar-refractivity contribution in [2.75, 3.05) is 0 Å². The van der Waals surface area contributed by atoms with Gasteiger partial charge in [-0.1, -0.05) is 13.3 Å². The molecule has 0 spiro atoms. The molecule has 66 valence electrons. The quantitative estimate of drug-likeness (QED) is 0.633. The number of aliphatic hydroxyl groups is 1. The molecule has 0 aromatic heterocycles. The van der Waals surface area contributed by atoms with E-state index in [1.165, 1.54) is 0 Å². The minimum Gasteiger partial charge on any atom is -0.392 e. The smallest absolute Gasteiger partial charge is 0.0693 e. The van der Waals surface area contributed by atoms with E-state index in [-0.39, 0.29) is 6.10 Å². The normalized spacial score (nSPS) is 39.0. The van der Waals surface area contributed by atoms with Crippen LogP contribution in [0.25, 0.3) is 0 Å². The summed E-state index contributed by atoms with van der Waals surface area (Å²) in [6, 6.07) is 0.943. The summed E-state index contributed by atoms with van der Waals surface area (Å²) in [6.07, 6.45) is 4.24. The van der Waals surface area contributed by atoms with Gasteiger partial charge in [0, 0.05) is 12.1 Å². The molecule has 1 rings (SSSR count). The van der Waals surface area contributed by atoms with Crippen molar-refractivity contribution in [3.63, 3.8) is 0 Å². The lowest BCUT2D eigenvalue weighted by molar-refractivity contribution is 0.0782. The average Bonchev–Trinajstić information content (AvgIpc) is 1.98. The van der Waals surface area contributed by atoms with Crippen LogP contribution in [0.5, 0.6) is 0 Å². The Balaban J connectivity index is 2.34. The molecule has 2 N–H and O–H groups in total. The summed E-state index contributed by atoms with van der Waals surface area (Å²) in [7, 11) is 0. The van der Waals surface area contributed by atoms with E-state index in [2.05, 4.69) is 19.2 Å². The fourth-order valence-corrected chi connectivity index (χ4v) is 1.77. The van der Waals surface area contributed by atoms with Gasteiger partial charge in [-0.15, -0.1) is 0 Å². The summed E-state index contributed by atoms with van der Waals surface area (Å²) in [4.78, 5) is 0. The first-order chi connectivity index (χ1) is 5.24. The van der Waals surface area contributed by atoms with Crippen molar-refractivity contribution in [1.29, 1.82) is 0 Å². The van der Waals surface area contributed by atoms with Crippen LogP contribution in [0.1, 0.15) is 39.5 Å². The first kappa shape index (κ1) is 9.01. The van der Waals surface area contributed by atoms with E-state index in [0.29, 0.717) is 12.1 Å². The lowest BCUT2D eigenvalue weighted by Gasteiger charge is -2.33. The number of hydrogen-bond donors (Lipinski definition) is 2. The van der Waals surface area contributed by atoms with E-state index in [4.69, 9.17) is 0 Å². The molecule has 3 unspecified atom stereocenters. The topological polar surface area (TPSA) is 32.3 Å². The third kappa shape index (κ3) is 2.46. The van der Waals surface area contributed by atoms with E-state index in [1.807, 2.05) is 0 Å². The summed E-state index contributed by atoms with van der Waals surface area (Å²) in [5.41, 5.74) is 0. The molecule has 1 aliphatic rings. The molecule has 0 aromatic rings. The van der Waals surface area contributed by atoms with E-state index < -0.39 is 0 Å². The second kappa shape index (κ2) is 4.07. The van der Waals surface area contributed by atoms with Gasteiger partial charge in [0.1, 0.15) is 0 Å². The van der Waals surface area contributed by atoms with Gasteiger partial charge in [0.15, 0.2) is 0 Å². The Morgan fingerprint density at radius 2 is 2.18 bits per heavy atom. The van der Waals surface area contributed by atoms with Crippen molar-refractivity contribution in [1.82, 2.24) is 5.32 Å². The summed E-state index contributed by atoms with van der Waals surface area (Å²) >= 11 is 0. The molecule has 0 aliphatic carbocycles. The van der Waals surface area contributed by atoms with Gasteiger partial charge in [0.05, 0.1) is 6.10 Å². The Morgan fingerprint density at radius 3 is 2.82 bits per heavy atom. The van der Waals surface area contributed by atoms with Gasteiger partial charge < -0.3 is 10.4 Å². The third-order valence-electron chi connectivity index (χ3n) is 2.46. The molecule has 3 atom stereocenters. The highest BCUT2D eigenvalue weighted by Crippen LogP contribution is 2.16. The average molecular weight is 157 g/mol. The van der Waals surface area contributed by atoms with Crippen molar-refractivity contribution >= 4 is 0 Å². The minimum absolute atomic E-state index is 0.105. The van der Waals surface area contributed by atoms with Gasteiger partial charge in [-0.2, -0.15) is 0 Å². The molecular formula is C9H19NO. The van der Waals surface area contributed by atoms with Crippen molar-refractivity contribution in [2.45, 2.75) is 57.7 Å². The number of piperidine rings is 1. The zero-order chi connectivity index (χ0) is 8.27. The fourth-order valence-electron chi connectivity index (χ4n) is 1.77. The molecule has 0 radical (unpaired) electrons. The molecule has 1 aliphatic heterocycles. The monoisotopic (exact) mass is 157 g/mol. The van der Waals surface area contributed by atoms with Crippen molar-refractivity contribution < 1.29 is 5.11 Å². The standard InChI is InChI=1S/C9H19NO/c1-3-4-8-9(11)6-5-7(2)10-8/h7-11H,3-6H2,1-2H3. The number of hydrogen-bond acceptors (Lipinski definition) is 2. The Labute approximate surface area is 69.0 Å². The van der Waals surface area contributed by atoms with Gasteiger partial charge in [-0.25, -0.2) is 0 Å². The minimum atomic E-state index is -0.105. The fraction of sp³-hybridized carbons (Fsp3) is 1.00. The van der Waals surface area contributed by atoms with Crippen LogP contribution < -0.4 is 5.32 Å². The van der Waals surface area contributed by atoms with Crippen LogP contribution in [0.3, 0.4) is 0 Å². The molecule has 11 heavy (non-hydrogen) atoms. The zero-order valence-electron chi connectivity index (χ0n) is 7.51. The van der Waals surface area contributed by atoms with Crippen molar-refractivity contribution in [2.24, 2.45) is 0 Å². The van der Waals surface area contributed by atoms with Gasteiger partial charge in [-0.3, -0.25) is 0 Å². The van der Waals surface area contributed by atoms with Crippen LogP contribution in [0.2, 0.25) is 0 Å². The predicted octanol–water partition coefficient (Wildman–Crippen LogP) is 1.29. The first-order valence-corrected chi connectivity index (χ1v) is 4.68. The Kier molecular flexibility index (Phi) is 3.34. The lowest BCUT2D eigenvalue weighted by atomic mass is 9.94. The van der Waals surface area contributed by atoms with Crippen LogP contribution in [0.4, 0.5) is 0 Å². The maximum absolute atomic E-state index is 9.56. The zero-order valence-corrected chi connectivity index (χ0v) is 7.51. The van der Waals surface area contributed by atoms with Crippen LogP contribution in [-0.4, -0.2) is 23.3 Å². The maximum atomic E-state index is 9.56. The Bertz CT molecular complexity index is 116. The Morgan fingerprint density at radius 1 is 1.45 bits per heavy atom. The van der Waals surface area contributed by atoms with Gasteiger partial charge in [0.2, 0.25) is 0 Å². The summed E-state index contributed by atoms with van der Waals surface area (Å²) in [5.74, 6) is 0. The van der Waals surface area contributed by atoms with Crippen molar-refractivity contribution in [3.05, 3.63) is 0 Å². The van der Waals surface area contributed by atoms with Crippen LogP contribution >= 0.6 is 0 Å². The lowest BCUT2D eigenvalue weighted by Crippen LogP contribution is -2.49. The molecular weight excluding hydrogens is 138 g/mol. The second-order valence-corrected chi connectivity index (χ2v) is 3.61. The molecule has 0 bridgehead atoms. The number of aliphatic hydroxyl groups excluding tert-OH is 1. The largest absolute Gasteiger partial charge is 0.392 e. The number of nitrogens with one attached hydrogen (secondary N) is 1. The molecule has 2 nitrogen and oxygen atoms in total. The maximum Gasteiger partial charge on any atom is 0.0693 e. The third-order valence-corrected chi connectivity index (χ3v) is 2.46. The van der Waals surface area contributed by atoms with Gasteiger partial charge in [-0.05, 0) is 26.2 Å². The molecule has 0 saturated carbocycles. The van der Waals surface area contributed by atoms with E-state index in [1.54, 1.807) is 0 Å². The van der Waals surface area contributed by atoms with Crippen molar-refractivity contribution in [3.8, 4) is 0 Å². The van der Waals surface area contributed by atoms with E-state index in [9.17, 15) is 5.11 Å². The second-order valence-electron chi connectivity index (χ2n) is 3.61. The van der Waals surface area contributed by atoms with Gasteiger partial charge in [0.25, 0.3) is 0 Å². The summed E-state index contributed by atoms with van der Waals surface area (Å²) < 4.78 is 0. The molecule has 1 saturated heterocycles. The van der Waals surface area contributed by atoms with E-state index >= 15 is 0 Å². The highest BCUT2D eigenvalue weighted by atomic mass is 16.3. The summed E-state index contributed by atoms with van der Waals surface area (Å²) in [6.45, 7) is 4.35. The predicted molar refractivity (Wildman–Crippen MR) is 46.5 cm³/mol. The highest BCUT2D eigenvalue weighted by molar-refractivity contribution is 4.84. The molecule has 2 heteroatoms. The molecule has 0 amide bonds. The highest BCUT2D eigenvalue weighted by Gasteiger charge is 2.24.